The summed E-state index contributed by atoms with van der Waals surface area (Å²) in [6, 6.07) is 17.9. The minimum atomic E-state index is -1.28. The van der Waals surface area contributed by atoms with Crippen molar-refractivity contribution >= 4 is 35.0 Å². The van der Waals surface area contributed by atoms with E-state index in [4.69, 9.17) is 11.1 Å². The van der Waals surface area contributed by atoms with E-state index in [-0.39, 0.29) is 29.3 Å². The molecular weight excluding hydrogens is 498 g/mol. The predicted octanol–water partition coefficient (Wildman–Crippen LogP) is 3.60. The molecule has 0 aliphatic heterocycles. The second-order valence-corrected chi connectivity index (χ2v) is 10.1. The van der Waals surface area contributed by atoms with Crippen molar-refractivity contribution in [3.05, 3.63) is 95.1 Å². The van der Waals surface area contributed by atoms with Gasteiger partial charge in [-0.1, -0.05) is 51.1 Å². The largest absolute Gasteiger partial charge is 0.478 e. The van der Waals surface area contributed by atoms with E-state index in [1.807, 2.05) is 20.8 Å². The highest BCUT2D eigenvalue weighted by atomic mass is 16.4. The summed E-state index contributed by atoms with van der Waals surface area (Å²) in [4.78, 5) is 38.4. The van der Waals surface area contributed by atoms with Crippen molar-refractivity contribution in [1.82, 2.24) is 5.32 Å². The quantitative estimate of drug-likeness (QED) is 0.154. The van der Waals surface area contributed by atoms with Crippen LogP contribution in [0.1, 0.15) is 58.7 Å². The van der Waals surface area contributed by atoms with Crippen LogP contribution in [0.15, 0.2) is 72.8 Å². The third kappa shape index (κ3) is 7.42. The van der Waals surface area contributed by atoms with Crippen molar-refractivity contribution in [1.29, 1.82) is 5.41 Å². The summed E-state index contributed by atoms with van der Waals surface area (Å²) in [5.41, 5.74) is 6.70. The molecule has 10 nitrogen and oxygen atoms in total. The summed E-state index contributed by atoms with van der Waals surface area (Å²) in [5.74, 6) is -2.36. The normalized spacial score (nSPS) is 12.6. The molecule has 2 atom stereocenters. The number of hydrogen-bond donors (Lipinski definition) is 7. The van der Waals surface area contributed by atoms with E-state index < -0.39 is 35.3 Å². The summed E-state index contributed by atoms with van der Waals surface area (Å²) in [6.45, 7) is 5.34. The summed E-state index contributed by atoms with van der Waals surface area (Å²) in [7, 11) is 0. The number of amidine groups is 1. The van der Waals surface area contributed by atoms with Crippen molar-refractivity contribution in [2.24, 2.45) is 11.1 Å². The number of hydrogen-bond acceptors (Lipinski definition) is 6. The van der Waals surface area contributed by atoms with Gasteiger partial charge in [-0.25, -0.2) is 4.79 Å². The molecule has 3 rings (SSSR count). The molecule has 0 unspecified atom stereocenters. The SMILES string of the molecule is CC(C)(C)[C@@H](CO)NC(=O)c1ccc(N[C@H](C(=O)Nc2ccc(C(=N)N)cc2)c2ccccc2)c(C(=O)O)c1. The van der Waals surface area contributed by atoms with E-state index in [9.17, 15) is 24.6 Å². The van der Waals surface area contributed by atoms with Crippen molar-refractivity contribution in [2.75, 3.05) is 17.2 Å². The fourth-order valence-electron chi connectivity index (χ4n) is 3.81. The highest BCUT2D eigenvalue weighted by Gasteiger charge is 2.27. The van der Waals surface area contributed by atoms with E-state index in [1.165, 1.54) is 18.2 Å². The summed E-state index contributed by atoms with van der Waals surface area (Å²) in [5, 5.41) is 35.7. The zero-order valence-corrected chi connectivity index (χ0v) is 22.0. The van der Waals surface area contributed by atoms with Crippen LogP contribution in [0, 0.1) is 10.8 Å². The molecule has 8 N–H and O–H groups in total. The molecule has 0 radical (unpaired) electrons. The Morgan fingerprint density at radius 2 is 1.56 bits per heavy atom. The van der Waals surface area contributed by atoms with Gasteiger partial charge in [0.1, 0.15) is 11.9 Å². The zero-order chi connectivity index (χ0) is 28.7. The second kappa shape index (κ2) is 12.2. The number of amides is 2. The molecule has 10 heteroatoms. The number of nitrogen functional groups attached to an aromatic ring is 1. The van der Waals surface area contributed by atoms with Gasteiger partial charge in [0, 0.05) is 22.5 Å². The summed E-state index contributed by atoms with van der Waals surface area (Å²) < 4.78 is 0. The number of carbonyl (C=O) groups is 3. The first-order valence-corrected chi connectivity index (χ1v) is 12.3. The number of benzene rings is 3. The summed E-state index contributed by atoms with van der Waals surface area (Å²) >= 11 is 0. The lowest BCUT2D eigenvalue weighted by atomic mass is 9.87. The third-order valence-electron chi connectivity index (χ3n) is 6.20. The Kier molecular flexibility index (Phi) is 9.05. The molecule has 0 heterocycles. The molecule has 0 spiro atoms. The van der Waals surface area contributed by atoms with Crippen LogP contribution < -0.4 is 21.7 Å². The van der Waals surface area contributed by atoms with E-state index >= 15 is 0 Å². The first-order chi connectivity index (χ1) is 18.4. The number of aliphatic hydroxyl groups excluding tert-OH is 1. The highest BCUT2D eigenvalue weighted by Crippen LogP contribution is 2.26. The maximum Gasteiger partial charge on any atom is 0.337 e. The lowest BCUT2D eigenvalue weighted by Gasteiger charge is -2.30. The Hall–Kier alpha value is -4.70. The van der Waals surface area contributed by atoms with Gasteiger partial charge in [-0.05, 0) is 53.4 Å². The second-order valence-electron chi connectivity index (χ2n) is 10.1. The van der Waals surface area contributed by atoms with E-state index in [0.717, 1.165) is 0 Å². The molecule has 0 saturated heterocycles. The fourth-order valence-corrected chi connectivity index (χ4v) is 3.81. The third-order valence-corrected chi connectivity index (χ3v) is 6.20. The van der Waals surface area contributed by atoms with Gasteiger partial charge in [-0.15, -0.1) is 0 Å². The molecule has 0 aliphatic carbocycles. The molecule has 2 amide bonds. The number of anilines is 2. The first kappa shape index (κ1) is 28.9. The molecule has 3 aromatic rings. The average Bonchev–Trinajstić information content (AvgIpc) is 2.90. The summed E-state index contributed by atoms with van der Waals surface area (Å²) in [6.07, 6.45) is 0. The Morgan fingerprint density at radius 1 is 0.949 bits per heavy atom. The molecule has 204 valence electrons. The Balaban J connectivity index is 1.91. The average molecular weight is 532 g/mol. The van der Waals surface area contributed by atoms with Gasteiger partial charge in [0.05, 0.1) is 18.2 Å². The molecule has 0 saturated carbocycles. The number of carbonyl (C=O) groups excluding carboxylic acids is 2. The van der Waals surface area contributed by atoms with Crippen LogP contribution in [0.3, 0.4) is 0 Å². The van der Waals surface area contributed by atoms with Crippen molar-refractivity contribution in [3.8, 4) is 0 Å². The lowest BCUT2D eigenvalue weighted by molar-refractivity contribution is -0.117. The smallest absolute Gasteiger partial charge is 0.337 e. The number of rotatable bonds is 10. The molecule has 39 heavy (non-hydrogen) atoms. The minimum absolute atomic E-state index is 0.0969. The molecule has 0 bridgehead atoms. The van der Waals surface area contributed by atoms with Gasteiger partial charge in [0.25, 0.3) is 11.8 Å². The van der Waals surface area contributed by atoms with Crippen molar-refractivity contribution in [3.63, 3.8) is 0 Å². The van der Waals surface area contributed by atoms with E-state index in [1.54, 1.807) is 54.6 Å². The first-order valence-electron chi connectivity index (χ1n) is 12.3. The van der Waals surface area contributed by atoms with Gasteiger partial charge >= 0.3 is 5.97 Å². The molecule has 3 aromatic carbocycles. The van der Waals surface area contributed by atoms with Crippen LogP contribution in [0.2, 0.25) is 0 Å². The fraction of sp³-hybridized carbons (Fsp3) is 0.241. The maximum atomic E-state index is 13.4. The van der Waals surface area contributed by atoms with Crippen LogP contribution in [0.25, 0.3) is 0 Å². The molecule has 0 fully saturated rings. The van der Waals surface area contributed by atoms with Gasteiger partial charge in [-0.2, -0.15) is 0 Å². The number of aliphatic hydroxyl groups is 1. The maximum absolute atomic E-state index is 13.4. The Morgan fingerprint density at radius 3 is 2.10 bits per heavy atom. The lowest BCUT2D eigenvalue weighted by Crippen LogP contribution is -2.46. The van der Waals surface area contributed by atoms with Gasteiger partial charge in [0.2, 0.25) is 0 Å². The highest BCUT2D eigenvalue weighted by molar-refractivity contribution is 6.03. The number of aromatic carboxylic acids is 1. The van der Waals surface area contributed by atoms with Crippen LogP contribution >= 0.6 is 0 Å². The number of nitrogens with two attached hydrogens (primary N) is 1. The van der Waals surface area contributed by atoms with Crippen LogP contribution in [0.5, 0.6) is 0 Å². The van der Waals surface area contributed by atoms with Crippen molar-refractivity contribution in [2.45, 2.75) is 32.9 Å². The monoisotopic (exact) mass is 531 g/mol. The van der Waals surface area contributed by atoms with E-state index in [2.05, 4.69) is 16.0 Å². The molecule has 0 aliphatic rings. The predicted molar refractivity (Wildman–Crippen MR) is 150 cm³/mol. The standard InChI is InChI=1S/C29H33N5O5/c1-29(2,3)23(16-35)34-26(36)19-11-14-22(21(15-19)28(38)39)33-24(17-7-5-4-6-8-17)27(37)32-20-12-9-18(10-13-20)25(30)31/h4-15,23-24,33,35H,16H2,1-3H3,(H3,30,31)(H,32,37)(H,34,36)(H,38,39)/t23-,24+/m1/s1. The van der Waals surface area contributed by atoms with Crippen LogP contribution in [0.4, 0.5) is 11.4 Å². The Bertz CT molecular complexity index is 1350. The van der Waals surface area contributed by atoms with Crippen LogP contribution in [-0.4, -0.2) is 46.5 Å². The van der Waals surface area contributed by atoms with E-state index in [0.29, 0.717) is 16.8 Å². The Labute approximate surface area is 226 Å². The zero-order valence-electron chi connectivity index (χ0n) is 22.0. The van der Waals surface area contributed by atoms with Gasteiger partial charge in [-0.3, -0.25) is 15.0 Å². The topological polar surface area (TPSA) is 178 Å². The minimum Gasteiger partial charge on any atom is -0.478 e. The van der Waals surface area contributed by atoms with Gasteiger partial charge < -0.3 is 31.9 Å². The number of carboxylic acids is 1. The molecular formula is C29H33N5O5. The number of nitrogens with one attached hydrogen (secondary N) is 4. The number of carboxylic acid groups (broad SMARTS) is 1. The van der Waals surface area contributed by atoms with Gasteiger partial charge in [0.15, 0.2) is 0 Å². The van der Waals surface area contributed by atoms with Crippen molar-refractivity contribution < 1.29 is 24.6 Å². The molecule has 0 aromatic heterocycles. The van der Waals surface area contributed by atoms with Crippen LogP contribution in [-0.2, 0) is 4.79 Å².